The Morgan fingerprint density at radius 3 is 2.69 bits per heavy atom. The van der Waals surface area contributed by atoms with Crippen molar-refractivity contribution in [3.63, 3.8) is 0 Å². The number of rotatable bonds is 5. The quantitative estimate of drug-likeness (QED) is 0.581. The lowest BCUT2D eigenvalue weighted by Crippen LogP contribution is -2.60. The Kier molecular flexibility index (Phi) is 5.54. The number of nitrogens with zero attached hydrogens (tertiary/aromatic N) is 1. The summed E-state index contributed by atoms with van der Waals surface area (Å²) in [5, 5.41) is 25.3. The van der Waals surface area contributed by atoms with Crippen LogP contribution in [0.2, 0.25) is 0 Å². The summed E-state index contributed by atoms with van der Waals surface area (Å²) < 4.78 is 0. The van der Waals surface area contributed by atoms with Crippen molar-refractivity contribution in [3.8, 4) is 0 Å². The van der Waals surface area contributed by atoms with Crippen LogP contribution >= 0.6 is 0 Å². The van der Waals surface area contributed by atoms with Crippen LogP contribution in [0.3, 0.4) is 0 Å². The van der Waals surface area contributed by atoms with E-state index in [0.717, 1.165) is 23.1 Å². The summed E-state index contributed by atoms with van der Waals surface area (Å²) in [6.45, 7) is 5.89. The van der Waals surface area contributed by atoms with Gasteiger partial charge in [-0.3, -0.25) is 19.9 Å². The molecule has 0 bridgehead atoms. The number of carbonyl (C=O) groups is 2. The summed E-state index contributed by atoms with van der Waals surface area (Å²) >= 11 is 0. The molecular weight excluding hydrogens is 404 g/mol. The van der Waals surface area contributed by atoms with Crippen molar-refractivity contribution >= 4 is 17.8 Å². The van der Waals surface area contributed by atoms with Crippen molar-refractivity contribution in [2.45, 2.75) is 63.8 Å². The molecule has 2 amide bonds. The van der Waals surface area contributed by atoms with Gasteiger partial charge in [-0.1, -0.05) is 43.3 Å². The predicted octanol–water partition coefficient (Wildman–Crippen LogP) is 2.89. The fourth-order valence-corrected chi connectivity index (χ4v) is 4.57. The molecule has 2 aromatic carbocycles. The molecule has 0 spiro atoms. The van der Waals surface area contributed by atoms with E-state index in [1.165, 1.54) is 4.90 Å². The molecule has 4 N–H and O–H groups in total. The molecule has 1 aliphatic heterocycles. The Labute approximate surface area is 188 Å². The second-order valence-electron chi connectivity index (χ2n) is 9.38. The topological polar surface area (TPSA) is 106 Å². The van der Waals surface area contributed by atoms with Crippen molar-refractivity contribution in [2.75, 3.05) is 0 Å². The van der Waals surface area contributed by atoms with Crippen LogP contribution in [0.25, 0.3) is 0 Å². The highest BCUT2D eigenvalue weighted by Crippen LogP contribution is 2.39. The van der Waals surface area contributed by atoms with Gasteiger partial charge in [0.05, 0.1) is 24.6 Å². The average Bonchev–Trinajstić information content (AvgIpc) is 3.00. The van der Waals surface area contributed by atoms with Crippen molar-refractivity contribution in [2.24, 2.45) is 0 Å². The summed E-state index contributed by atoms with van der Waals surface area (Å²) in [6, 6.07) is 14.3. The highest BCUT2D eigenvalue weighted by molar-refractivity contribution is 5.99. The third-order valence-corrected chi connectivity index (χ3v) is 6.65. The summed E-state index contributed by atoms with van der Waals surface area (Å²) in [5.41, 5.74) is 1.70. The first-order chi connectivity index (χ1) is 15.1. The fraction of sp³-hybridized carbons (Fsp3) is 0.400. The maximum absolute atomic E-state index is 13.0. The van der Waals surface area contributed by atoms with E-state index < -0.39 is 17.2 Å². The molecule has 0 saturated carbocycles. The Balaban J connectivity index is 1.49. The molecular formula is C25H30N4O3. The van der Waals surface area contributed by atoms with Gasteiger partial charge in [-0.05, 0) is 49.1 Å². The van der Waals surface area contributed by atoms with Gasteiger partial charge in [-0.25, -0.2) is 0 Å². The lowest BCUT2D eigenvalue weighted by molar-refractivity contribution is -0.130. The number of aliphatic hydroxyl groups is 1. The summed E-state index contributed by atoms with van der Waals surface area (Å²) in [4.78, 5) is 27.1. The van der Waals surface area contributed by atoms with E-state index in [1.807, 2.05) is 44.2 Å². The lowest BCUT2D eigenvalue weighted by atomic mass is 9.92. The molecule has 3 atom stereocenters. The van der Waals surface area contributed by atoms with Crippen LogP contribution in [0.15, 0.2) is 48.5 Å². The normalized spacial score (nSPS) is 27.1. The minimum absolute atomic E-state index is 0.0825. The Morgan fingerprint density at radius 1 is 1.22 bits per heavy atom. The minimum atomic E-state index is -1.07. The first kappa shape index (κ1) is 22.0. The molecule has 7 heteroatoms. The van der Waals surface area contributed by atoms with Crippen molar-refractivity contribution < 1.29 is 14.7 Å². The Morgan fingerprint density at radius 2 is 1.97 bits per heavy atom. The van der Waals surface area contributed by atoms with E-state index >= 15 is 0 Å². The zero-order valence-electron chi connectivity index (χ0n) is 18.7. The molecule has 0 aromatic heterocycles. The molecule has 168 valence electrons. The lowest BCUT2D eigenvalue weighted by Gasteiger charge is -2.40. The van der Waals surface area contributed by atoms with Gasteiger partial charge in [-0.15, -0.1) is 0 Å². The van der Waals surface area contributed by atoms with Gasteiger partial charge in [0.25, 0.3) is 5.91 Å². The molecule has 1 aliphatic carbocycles. The summed E-state index contributed by atoms with van der Waals surface area (Å²) in [5.74, 6) is -0.309. The SMILES string of the molecule is CCC1(C)CC(=O)N(Cc2cccc(C(=O)N[C@@H]3c4ccccc4C[C@]3(C)O)c2)C(=N)N1. The summed E-state index contributed by atoms with van der Waals surface area (Å²) in [7, 11) is 0. The molecule has 32 heavy (non-hydrogen) atoms. The molecule has 0 radical (unpaired) electrons. The molecule has 1 unspecified atom stereocenters. The standard InChI is InChI=1S/C25H30N4O3/c1-4-24(2)14-20(30)29(23(26)28-24)15-16-8-7-10-17(12-16)22(31)27-21-19-11-6-5-9-18(19)13-25(21,3)32/h5-12,21,32H,4,13-15H2,1-3H3,(H2,26,28)(H,27,31)/t21-,24?,25+/m1/s1. The van der Waals surface area contributed by atoms with Crippen LogP contribution in [0, 0.1) is 5.41 Å². The van der Waals surface area contributed by atoms with E-state index in [2.05, 4.69) is 10.6 Å². The molecule has 7 nitrogen and oxygen atoms in total. The first-order valence-electron chi connectivity index (χ1n) is 11.0. The van der Waals surface area contributed by atoms with Crippen LogP contribution < -0.4 is 10.6 Å². The van der Waals surface area contributed by atoms with Crippen LogP contribution in [-0.2, 0) is 17.8 Å². The zero-order chi connectivity index (χ0) is 23.1. The number of amides is 2. The third kappa shape index (κ3) is 4.12. The third-order valence-electron chi connectivity index (χ3n) is 6.65. The Hall–Kier alpha value is -3.19. The molecule has 1 heterocycles. The smallest absolute Gasteiger partial charge is 0.251 e. The predicted molar refractivity (Wildman–Crippen MR) is 122 cm³/mol. The molecule has 1 saturated heterocycles. The van der Waals surface area contributed by atoms with Crippen molar-refractivity contribution in [1.29, 1.82) is 5.41 Å². The van der Waals surface area contributed by atoms with Gasteiger partial charge in [0.15, 0.2) is 5.96 Å². The maximum atomic E-state index is 13.0. The number of benzene rings is 2. The van der Waals surface area contributed by atoms with Gasteiger partial charge in [0.1, 0.15) is 0 Å². The maximum Gasteiger partial charge on any atom is 0.251 e. The Bertz CT molecular complexity index is 1060. The monoisotopic (exact) mass is 434 g/mol. The van der Waals surface area contributed by atoms with E-state index in [9.17, 15) is 14.7 Å². The number of carbonyl (C=O) groups excluding carboxylic acids is 2. The number of guanidine groups is 1. The van der Waals surface area contributed by atoms with Crippen molar-refractivity contribution in [1.82, 2.24) is 15.5 Å². The zero-order valence-corrected chi connectivity index (χ0v) is 18.7. The van der Waals surface area contributed by atoms with E-state index in [1.54, 1.807) is 25.1 Å². The van der Waals surface area contributed by atoms with Crippen LogP contribution in [-0.4, -0.2) is 38.9 Å². The molecule has 1 fully saturated rings. The minimum Gasteiger partial charge on any atom is -0.387 e. The van der Waals surface area contributed by atoms with Gasteiger partial charge >= 0.3 is 0 Å². The van der Waals surface area contributed by atoms with Gasteiger partial charge in [0, 0.05) is 17.5 Å². The number of fused-ring (bicyclic) bond motifs is 1. The van der Waals surface area contributed by atoms with E-state index in [-0.39, 0.29) is 24.3 Å². The molecule has 2 aromatic rings. The largest absolute Gasteiger partial charge is 0.387 e. The number of hydrogen-bond acceptors (Lipinski definition) is 4. The van der Waals surface area contributed by atoms with Crippen molar-refractivity contribution in [3.05, 3.63) is 70.8 Å². The summed E-state index contributed by atoms with van der Waals surface area (Å²) in [6.07, 6.45) is 1.55. The number of hydrogen-bond donors (Lipinski definition) is 4. The van der Waals surface area contributed by atoms with E-state index in [0.29, 0.717) is 18.4 Å². The van der Waals surface area contributed by atoms with Crippen LogP contribution in [0.4, 0.5) is 0 Å². The van der Waals surface area contributed by atoms with E-state index in [4.69, 9.17) is 5.41 Å². The highest BCUT2D eigenvalue weighted by Gasteiger charge is 2.42. The highest BCUT2D eigenvalue weighted by atomic mass is 16.3. The van der Waals surface area contributed by atoms with Gasteiger partial charge in [-0.2, -0.15) is 0 Å². The second-order valence-corrected chi connectivity index (χ2v) is 9.38. The van der Waals surface area contributed by atoms with Crippen LogP contribution in [0.5, 0.6) is 0 Å². The average molecular weight is 435 g/mol. The second kappa shape index (κ2) is 8.06. The molecule has 4 rings (SSSR count). The van der Waals surface area contributed by atoms with Crippen LogP contribution in [0.1, 0.15) is 66.7 Å². The number of nitrogens with one attached hydrogen (secondary N) is 3. The fourth-order valence-electron chi connectivity index (χ4n) is 4.57. The molecule has 2 aliphatic rings. The van der Waals surface area contributed by atoms with Gasteiger partial charge < -0.3 is 15.7 Å². The van der Waals surface area contributed by atoms with Gasteiger partial charge in [0.2, 0.25) is 5.91 Å². The first-order valence-corrected chi connectivity index (χ1v) is 11.0.